The van der Waals surface area contributed by atoms with E-state index in [1.54, 1.807) is 0 Å². The van der Waals surface area contributed by atoms with E-state index in [1.165, 1.54) is 0 Å². The van der Waals surface area contributed by atoms with Gasteiger partial charge in [0.1, 0.15) is 0 Å². The molecule has 2 rings (SSSR count). The third kappa shape index (κ3) is 2.67. The molecule has 1 aliphatic heterocycles. The first kappa shape index (κ1) is 12.6. The average molecular weight is 254 g/mol. The van der Waals surface area contributed by atoms with Crippen LogP contribution in [-0.2, 0) is 4.74 Å². The van der Waals surface area contributed by atoms with Gasteiger partial charge < -0.3 is 19.7 Å². The summed E-state index contributed by atoms with van der Waals surface area (Å²) in [4.78, 5) is 22.3. The van der Waals surface area contributed by atoms with E-state index in [9.17, 15) is 9.59 Å². The van der Waals surface area contributed by atoms with Crippen LogP contribution < -0.4 is 5.32 Å². The zero-order chi connectivity index (χ0) is 13.2. The van der Waals surface area contributed by atoms with Crippen LogP contribution in [0.25, 0.3) is 0 Å². The molecule has 7 nitrogen and oxygen atoms in total. The van der Waals surface area contributed by atoms with E-state index in [4.69, 9.17) is 9.84 Å². The third-order valence-corrected chi connectivity index (χ3v) is 2.88. The summed E-state index contributed by atoms with van der Waals surface area (Å²) in [7, 11) is 0. The summed E-state index contributed by atoms with van der Waals surface area (Å²) in [5.74, 6) is -2.08. The first-order valence-corrected chi connectivity index (χ1v) is 5.62. The Labute approximate surface area is 103 Å². The minimum atomic E-state index is -1.26. The molecule has 1 fully saturated rings. The molecule has 98 valence electrons. The Balaban J connectivity index is 1.93. The zero-order valence-electron chi connectivity index (χ0n) is 9.93. The third-order valence-electron chi connectivity index (χ3n) is 2.88. The van der Waals surface area contributed by atoms with E-state index in [0.717, 1.165) is 18.9 Å². The van der Waals surface area contributed by atoms with E-state index in [1.807, 2.05) is 6.92 Å². The molecule has 1 aliphatic rings. The van der Waals surface area contributed by atoms with Gasteiger partial charge in [0.15, 0.2) is 5.69 Å². The van der Waals surface area contributed by atoms with Gasteiger partial charge in [-0.25, -0.2) is 4.79 Å². The molecule has 1 aromatic heterocycles. The molecular formula is C11H14N2O5. The number of carbonyl (C=O) groups is 2. The van der Waals surface area contributed by atoms with Crippen molar-refractivity contribution in [2.75, 3.05) is 13.2 Å². The molecule has 1 amide bonds. The number of nitrogens with zero attached hydrogens (tertiary/aromatic N) is 1. The van der Waals surface area contributed by atoms with Crippen molar-refractivity contribution in [3.8, 4) is 0 Å². The summed E-state index contributed by atoms with van der Waals surface area (Å²) in [5.41, 5.74) is -0.399. The molecule has 1 aromatic rings. The number of hydrogen-bond donors (Lipinski definition) is 2. The SMILES string of the molecule is CC1(CNC(=O)c2cc(C(=O)O)on2)CCCO1. The second-order valence-electron chi connectivity index (χ2n) is 4.47. The van der Waals surface area contributed by atoms with Gasteiger partial charge in [-0.2, -0.15) is 0 Å². The number of carboxylic acid groups (broad SMARTS) is 1. The number of hydrogen-bond acceptors (Lipinski definition) is 5. The number of aromatic carboxylic acids is 1. The van der Waals surface area contributed by atoms with E-state index in [0.29, 0.717) is 13.2 Å². The Morgan fingerprint density at radius 2 is 2.39 bits per heavy atom. The topological polar surface area (TPSA) is 102 Å². The predicted octanol–water partition coefficient (Wildman–Crippen LogP) is 0.672. The van der Waals surface area contributed by atoms with Crippen LogP contribution >= 0.6 is 0 Å². The van der Waals surface area contributed by atoms with E-state index in [2.05, 4.69) is 15.0 Å². The molecule has 1 saturated heterocycles. The van der Waals surface area contributed by atoms with Crippen molar-refractivity contribution < 1.29 is 24.0 Å². The van der Waals surface area contributed by atoms with Crippen LogP contribution in [0.2, 0.25) is 0 Å². The number of carbonyl (C=O) groups excluding carboxylic acids is 1. The van der Waals surface area contributed by atoms with Crippen molar-refractivity contribution in [1.29, 1.82) is 0 Å². The lowest BCUT2D eigenvalue weighted by molar-refractivity contribution is 0.0205. The van der Waals surface area contributed by atoms with Gasteiger partial charge in [-0.05, 0) is 19.8 Å². The van der Waals surface area contributed by atoms with Gasteiger partial charge in [-0.1, -0.05) is 5.16 Å². The van der Waals surface area contributed by atoms with Crippen molar-refractivity contribution in [2.45, 2.75) is 25.4 Å². The summed E-state index contributed by atoms with van der Waals surface area (Å²) in [5, 5.41) is 14.7. The number of nitrogens with one attached hydrogen (secondary N) is 1. The highest BCUT2D eigenvalue weighted by molar-refractivity contribution is 5.94. The minimum Gasteiger partial charge on any atom is -0.475 e. The van der Waals surface area contributed by atoms with Crippen LogP contribution in [0.1, 0.15) is 40.8 Å². The maximum Gasteiger partial charge on any atom is 0.374 e. The molecule has 1 atom stereocenters. The fraction of sp³-hybridized carbons (Fsp3) is 0.545. The van der Waals surface area contributed by atoms with E-state index < -0.39 is 11.9 Å². The molecular weight excluding hydrogens is 240 g/mol. The number of rotatable bonds is 4. The van der Waals surface area contributed by atoms with Crippen molar-refractivity contribution in [2.24, 2.45) is 0 Å². The monoisotopic (exact) mass is 254 g/mol. The second kappa shape index (κ2) is 4.77. The molecule has 0 aromatic carbocycles. The predicted molar refractivity (Wildman–Crippen MR) is 59.4 cm³/mol. The van der Waals surface area contributed by atoms with Gasteiger partial charge in [0, 0.05) is 19.2 Å². The molecule has 2 N–H and O–H groups in total. The van der Waals surface area contributed by atoms with Gasteiger partial charge in [0.2, 0.25) is 5.76 Å². The summed E-state index contributed by atoms with van der Waals surface area (Å²) in [6, 6.07) is 1.09. The quantitative estimate of drug-likeness (QED) is 0.818. The number of aromatic nitrogens is 1. The smallest absolute Gasteiger partial charge is 0.374 e. The van der Waals surface area contributed by atoms with Crippen LogP contribution in [0.4, 0.5) is 0 Å². The Hall–Kier alpha value is -1.89. The second-order valence-corrected chi connectivity index (χ2v) is 4.47. The lowest BCUT2D eigenvalue weighted by atomic mass is 10.0. The minimum absolute atomic E-state index is 0.0472. The molecule has 1 unspecified atom stereocenters. The summed E-state index contributed by atoms with van der Waals surface area (Å²) in [6.07, 6.45) is 1.85. The Kier molecular flexibility index (Phi) is 3.33. The van der Waals surface area contributed by atoms with Gasteiger partial charge in [0.05, 0.1) is 5.60 Å². The molecule has 0 aliphatic carbocycles. The average Bonchev–Trinajstić information content (AvgIpc) is 2.95. The standard InChI is InChI=1S/C11H14N2O5/c1-11(3-2-4-17-11)6-12-9(14)7-5-8(10(15)16)18-13-7/h5H,2-4,6H2,1H3,(H,12,14)(H,15,16). The van der Waals surface area contributed by atoms with Crippen LogP contribution in [0, 0.1) is 0 Å². The van der Waals surface area contributed by atoms with E-state index in [-0.39, 0.29) is 17.1 Å². The highest BCUT2D eigenvalue weighted by Crippen LogP contribution is 2.23. The maximum absolute atomic E-state index is 11.7. The summed E-state index contributed by atoms with van der Waals surface area (Å²) < 4.78 is 10.0. The van der Waals surface area contributed by atoms with Crippen LogP contribution in [0.5, 0.6) is 0 Å². The lowest BCUT2D eigenvalue weighted by Gasteiger charge is -2.22. The maximum atomic E-state index is 11.7. The van der Waals surface area contributed by atoms with Gasteiger partial charge >= 0.3 is 5.97 Å². The largest absolute Gasteiger partial charge is 0.475 e. The number of amides is 1. The molecule has 0 radical (unpaired) electrons. The molecule has 2 heterocycles. The molecule has 0 saturated carbocycles. The van der Waals surface area contributed by atoms with Crippen LogP contribution in [-0.4, -0.2) is 40.9 Å². The fourth-order valence-electron chi connectivity index (χ4n) is 1.82. The number of carboxylic acids is 1. The first-order chi connectivity index (χ1) is 8.50. The Bertz CT molecular complexity index is 462. The molecule has 0 bridgehead atoms. The Morgan fingerprint density at radius 1 is 1.61 bits per heavy atom. The van der Waals surface area contributed by atoms with Gasteiger partial charge in [-0.3, -0.25) is 4.79 Å². The van der Waals surface area contributed by atoms with Crippen molar-refractivity contribution in [3.05, 3.63) is 17.5 Å². The van der Waals surface area contributed by atoms with Crippen LogP contribution in [0.3, 0.4) is 0 Å². The highest BCUT2D eigenvalue weighted by Gasteiger charge is 2.30. The van der Waals surface area contributed by atoms with Crippen molar-refractivity contribution in [3.63, 3.8) is 0 Å². The summed E-state index contributed by atoms with van der Waals surface area (Å²) >= 11 is 0. The Morgan fingerprint density at radius 3 is 2.94 bits per heavy atom. The molecule has 0 spiro atoms. The lowest BCUT2D eigenvalue weighted by Crippen LogP contribution is -2.40. The van der Waals surface area contributed by atoms with Crippen LogP contribution in [0.15, 0.2) is 10.6 Å². The van der Waals surface area contributed by atoms with Gasteiger partial charge in [0.25, 0.3) is 5.91 Å². The normalized spacial score (nSPS) is 22.9. The zero-order valence-corrected chi connectivity index (χ0v) is 9.93. The summed E-state index contributed by atoms with van der Waals surface area (Å²) in [6.45, 7) is 2.98. The first-order valence-electron chi connectivity index (χ1n) is 5.62. The number of ether oxygens (including phenoxy) is 1. The van der Waals surface area contributed by atoms with Crippen molar-refractivity contribution >= 4 is 11.9 Å². The highest BCUT2D eigenvalue weighted by atomic mass is 16.5. The van der Waals surface area contributed by atoms with Gasteiger partial charge in [-0.15, -0.1) is 0 Å². The molecule has 18 heavy (non-hydrogen) atoms. The fourth-order valence-corrected chi connectivity index (χ4v) is 1.82. The van der Waals surface area contributed by atoms with Crippen molar-refractivity contribution in [1.82, 2.24) is 10.5 Å². The van der Waals surface area contributed by atoms with E-state index >= 15 is 0 Å². The molecule has 7 heteroatoms.